The number of aliphatic hydroxyl groups excluding tert-OH is 3. The molecule has 0 aromatic heterocycles. The van der Waals surface area contributed by atoms with Crippen molar-refractivity contribution in [1.82, 2.24) is 0 Å². The van der Waals surface area contributed by atoms with Gasteiger partial charge >= 0.3 is 11.9 Å². The Balaban J connectivity index is 1.56. The van der Waals surface area contributed by atoms with E-state index >= 15 is 0 Å². The van der Waals surface area contributed by atoms with Crippen LogP contribution in [-0.2, 0) is 23.8 Å². The Hall–Kier alpha value is -1.26. The number of carbonyl (C=O) groups is 2. The molecule has 0 aromatic rings. The van der Waals surface area contributed by atoms with Gasteiger partial charge in [-0.1, -0.05) is 39.5 Å². The number of ether oxygens (including phenoxy) is 3. The minimum atomic E-state index is -1.02. The van der Waals surface area contributed by atoms with Crippen molar-refractivity contribution in [2.24, 2.45) is 17.8 Å². The van der Waals surface area contributed by atoms with Crippen molar-refractivity contribution in [3.63, 3.8) is 0 Å². The molecule has 0 radical (unpaired) electrons. The highest BCUT2D eigenvalue weighted by molar-refractivity contribution is 5.69. The number of hydrogen-bond acceptors (Lipinski definition) is 8. The highest BCUT2D eigenvalue weighted by atomic mass is 16.6. The molecule has 204 valence electrons. The molecule has 2 saturated heterocycles. The predicted octanol–water partition coefficient (Wildman–Crippen LogP) is 2.67. The van der Waals surface area contributed by atoms with Gasteiger partial charge in [-0.25, -0.2) is 0 Å². The van der Waals surface area contributed by atoms with Crippen LogP contribution in [0.15, 0.2) is 0 Å². The third-order valence-corrected chi connectivity index (χ3v) is 7.37. The molecule has 2 aliphatic rings. The largest absolute Gasteiger partial charge is 0.481 e. The molecule has 0 spiro atoms. The number of carbonyl (C=O) groups excluding carboxylic acids is 1. The van der Waals surface area contributed by atoms with Gasteiger partial charge in [0.1, 0.15) is 6.10 Å². The molecule has 0 aromatic carbocycles. The van der Waals surface area contributed by atoms with Crippen LogP contribution in [0.3, 0.4) is 0 Å². The smallest absolute Gasteiger partial charge is 0.306 e. The fourth-order valence-corrected chi connectivity index (χ4v) is 4.83. The molecule has 0 aliphatic carbocycles. The van der Waals surface area contributed by atoms with Gasteiger partial charge in [-0.3, -0.25) is 9.59 Å². The summed E-state index contributed by atoms with van der Waals surface area (Å²) in [5.74, 6) is -1.28. The average Bonchev–Trinajstić information content (AvgIpc) is 3.55. The fraction of sp³-hybridized carbons (Fsp3) is 0.923. The quantitative estimate of drug-likeness (QED) is 0.134. The zero-order valence-corrected chi connectivity index (χ0v) is 21.5. The number of aliphatic carboxylic acids is 1. The van der Waals surface area contributed by atoms with Crippen molar-refractivity contribution in [2.75, 3.05) is 13.2 Å². The molecular formula is C26H46O9. The van der Waals surface area contributed by atoms with Crippen LogP contribution in [0, 0.1) is 17.8 Å². The zero-order valence-electron chi connectivity index (χ0n) is 21.5. The van der Waals surface area contributed by atoms with E-state index < -0.39 is 30.4 Å². The Bertz CT molecular complexity index is 640. The molecule has 9 atom stereocenters. The number of epoxide rings is 1. The van der Waals surface area contributed by atoms with E-state index in [1.165, 1.54) is 0 Å². The van der Waals surface area contributed by atoms with E-state index in [1.54, 1.807) is 6.92 Å². The van der Waals surface area contributed by atoms with E-state index in [9.17, 15) is 24.9 Å². The summed E-state index contributed by atoms with van der Waals surface area (Å²) in [5, 5.41) is 39.5. The van der Waals surface area contributed by atoms with Gasteiger partial charge in [-0.2, -0.15) is 0 Å². The van der Waals surface area contributed by atoms with Crippen LogP contribution >= 0.6 is 0 Å². The molecule has 9 heteroatoms. The second-order valence-corrected chi connectivity index (χ2v) is 10.6. The van der Waals surface area contributed by atoms with Crippen LogP contribution in [0.2, 0.25) is 0 Å². The summed E-state index contributed by atoms with van der Waals surface area (Å²) in [6, 6.07) is 0. The fourth-order valence-electron chi connectivity index (χ4n) is 4.83. The van der Waals surface area contributed by atoms with Crippen LogP contribution in [-0.4, -0.2) is 82.2 Å². The van der Waals surface area contributed by atoms with Gasteiger partial charge in [0.05, 0.1) is 43.7 Å². The van der Waals surface area contributed by atoms with Crippen molar-refractivity contribution in [3.8, 4) is 0 Å². The number of rotatable bonds is 17. The second kappa shape index (κ2) is 15.1. The van der Waals surface area contributed by atoms with Gasteiger partial charge in [-0.05, 0) is 38.5 Å². The Morgan fingerprint density at radius 3 is 2.29 bits per heavy atom. The molecule has 2 fully saturated rings. The minimum Gasteiger partial charge on any atom is -0.481 e. The van der Waals surface area contributed by atoms with Crippen LogP contribution in [0.1, 0.15) is 85.0 Å². The van der Waals surface area contributed by atoms with Crippen molar-refractivity contribution < 1.29 is 44.2 Å². The molecule has 2 rings (SSSR count). The topological polar surface area (TPSA) is 146 Å². The molecule has 2 unspecified atom stereocenters. The monoisotopic (exact) mass is 502 g/mol. The number of esters is 1. The van der Waals surface area contributed by atoms with Crippen LogP contribution in [0.5, 0.6) is 0 Å². The highest BCUT2D eigenvalue weighted by Gasteiger charge is 2.48. The molecule has 35 heavy (non-hydrogen) atoms. The first kappa shape index (κ1) is 30.0. The van der Waals surface area contributed by atoms with Gasteiger partial charge in [0.2, 0.25) is 0 Å². The lowest BCUT2D eigenvalue weighted by atomic mass is 9.84. The molecule has 0 bridgehead atoms. The highest BCUT2D eigenvalue weighted by Crippen LogP contribution is 2.38. The van der Waals surface area contributed by atoms with Gasteiger partial charge < -0.3 is 34.6 Å². The van der Waals surface area contributed by atoms with E-state index in [2.05, 4.69) is 0 Å². The number of aliphatic hydroxyl groups is 3. The number of carboxylic acids is 1. The summed E-state index contributed by atoms with van der Waals surface area (Å²) in [5.41, 5.74) is 0. The van der Waals surface area contributed by atoms with Gasteiger partial charge in [0.25, 0.3) is 0 Å². The Labute approximate surface area is 209 Å². The van der Waals surface area contributed by atoms with Crippen molar-refractivity contribution in [1.29, 1.82) is 0 Å². The van der Waals surface area contributed by atoms with Gasteiger partial charge in [0.15, 0.2) is 0 Å². The standard InChI is InChI=1S/C26H46O9/c1-16(13-23(30)33-11-9-7-5-4-6-8-10-22(28)29)12-20-25(32)24(31)19(15-34-20)14-21-26(35-21)17(2)18(3)27/h16-21,24-27,31-32H,4-15H2,1-3H3,(H,28,29)/t16?,17-,18+,19?,20-,21+,24-,25+,26+/m1/s1. The van der Waals surface area contributed by atoms with E-state index in [4.69, 9.17) is 19.3 Å². The predicted molar refractivity (Wildman–Crippen MR) is 129 cm³/mol. The lowest BCUT2D eigenvalue weighted by molar-refractivity contribution is -0.171. The zero-order chi connectivity index (χ0) is 26.0. The van der Waals surface area contributed by atoms with E-state index in [-0.39, 0.29) is 48.8 Å². The Morgan fingerprint density at radius 2 is 1.63 bits per heavy atom. The molecule has 4 N–H and O–H groups in total. The summed E-state index contributed by atoms with van der Waals surface area (Å²) < 4.78 is 16.8. The lowest BCUT2D eigenvalue weighted by Crippen LogP contribution is -2.51. The molecule has 2 aliphatic heterocycles. The van der Waals surface area contributed by atoms with E-state index in [0.717, 1.165) is 32.1 Å². The van der Waals surface area contributed by atoms with Crippen molar-refractivity contribution in [3.05, 3.63) is 0 Å². The summed E-state index contributed by atoms with van der Waals surface area (Å²) in [7, 11) is 0. The molecule has 2 heterocycles. The normalized spacial score (nSPS) is 30.9. The first-order valence-electron chi connectivity index (χ1n) is 13.3. The van der Waals surface area contributed by atoms with E-state index in [1.807, 2.05) is 13.8 Å². The maximum atomic E-state index is 12.1. The van der Waals surface area contributed by atoms with Gasteiger partial charge in [0, 0.05) is 24.7 Å². The second-order valence-electron chi connectivity index (χ2n) is 10.6. The third kappa shape index (κ3) is 10.7. The Kier molecular flexibility index (Phi) is 12.9. The molecule has 9 nitrogen and oxygen atoms in total. The summed E-state index contributed by atoms with van der Waals surface area (Å²) >= 11 is 0. The van der Waals surface area contributed by atoms with Crippen molar-refractivity contribution in [2.45, 2.75) is 122 Å². The van der Waals surface area contributed by atoms with Crippen LogP contribution in [0.25, 0.3) is 0 Å². The molecule has 0 amide bonds. The van der Waals surface area contributed by atoms with Crippen LogP contribution in [0.4, 0.5) is 0 Å². The first-order valence-corrected chi connectivity index (χ1v) is 13.3. The maximum absolute atomic E-state index is 12.1. The summed E-state index contributed by atoms with van der Waals surface area (Å²) in [6.45, 7) is 6.29. The van der Waals surface area contributed by atoms with Crippen molar-refractivity contribution >= 4 is 11.9 Å². The number of carboxylic acid groups (broad SMARTS) is 1. The summed E-state index contributed by atoms with van der Waals surface area (Å²) in [6.07, 6.45) is 3.86. The van der Waals surface area contributed by atoms with Gasteiger partial charge in [-0.15, -0.1) is 0 Å². The SMILES string of the molecule is CC(CC(=O)OCCCCCCCCC(=O)O)C[C@H]1OCC(C[C@@H]2O[C@H]2[C@H](C)[C@H](C)O)[C@@H](O)[C@H]1O. The maximum Gasteiger partial charge on any atom is 0.306 e. The van der Waals surface area contributed by atoms with E-state index in [0.29, 0.717) is 32.5 Å². The number of hydrogen-bond donors (Lipinski definition) is 4. The van der Waals surface area contributed by atoms with Crippen LogP contribution < -0.4 is 0 Å². The molecule has 0 saturated carbocycles. The number of unbranched alkanes of at least 4 members (excludes halogenated alkanes) is 5. The average molecular weight is 503 g/mol. The Morgan fingerprint density at radius 1 is 0.971 bits per heavy atom. The first-order chi connectivity index (χ1) is 16.6. The minimum absolute atomic E-state index is 0.0214. The summed E-state index contributed by atoms with van der Waals surface area (Å²) in [4.78, 5) is 22.6. The third-order valence-electron chi connectivity index (χ3n) is 7.37. The lowest BCUT2D eigenvalue weighted by Gasteiger charge is -2.38. The molecular weight excluding hydrogens is 456 g/mol.